The van der Waals surface area contributed by atoms with E-state index in [2.05, 4.69) is 0 Å². The van der Waals surface area contributed by atoms with Crippen molar-refractivity contribution in [1.29, 1.82) is 0 Å². The topological polar surface area (TPSA) is 97.5 Å². The third-order valence-corrected chi connectivity index (χ3v) is 1.55. The molecule has 0 radical (unpaired) electrons. The molecule has 0 aromatic carbocycles. The summed E-state index contributed by atoms with van der Waals surface area (Å²) >= 11 is 0. The lowest BCUT2D eigenvalue weighted by molar-refractivity contribution is -0.132. The van der Waals surface area contributed by atoms with Gasteiger partial charge in [0.25, 0.3) is 0 Å². The van der Waals surface area contributed by atoms with Crippen molar-refractivity contribution in [2.75, 3.05) is 6.16 Å². The fraction of sp³-hybridized carbons (Fsp3) is 0.400. The molecule has 11 heavy (non-hydrogen) atoms. The van der Waals surface area contributed by atoms with Crippen molar-refractivity contribution < 1.29 is 19.0 Å². The summed E-state index contributed by atoms with van der Waals surface area (Å²) in [6, 6.07) is 0. The van der Waals surface area contributed by atoms with E-state index < -0.39 is 13.6 Å². The Morgan fingerprint density at radius 2 is 2.09 bits per heavy atom. The minimum Gasteiger partial charge on any atom is -0.477 e. The highest BCUT2D eigenvalue weighted by molar-refractivity contribution is 7.30. The van der Waals surface area contributed by atoms with E-state index >= 15 is 0 Å². The van der Waals surface area contributed by atoms with Crippen LogP contribution >= 0.6 is 7.68 Å². The van der Waals surface area contributed by atoms with Gasteiger partial charge in [-0.1, -0.05) is 6.08 Å². The van der Waals surface area contributed by atoms with Crippen LogP contribution in [0.4, 0.5) is 0 Å². The number of allylic oxidation sites excluding steroid dienone is 1. The molecule has 0 fully saturated rings. The highest BCUT2D eigenvalue weighted by Crippen LogP contribution is 2.05. The van der Waals surface area contributed by atoms with Gasteiger partial charge in [0.15, 0.2) is 0 Å². The highest BCUT2D eigenvalue weighted by atomic mass is 31.1. The molecule has 62 valence electrons. The van der Waals surface area contributed by atoms with Gasteiger partial charge >= 0.3 is 13.6 Å². The zero-order valence-electron chi connectivity index (χ0n) is 5.69. The number of aliphatic carboxylic acids is 1. The summed E-state index contributed by atoms with van der Waals surface area (Å²) in [5, 5.41) is 8.20. The lowest BCUT2D eigenvalue weighted by Gasteiger charge is -1.89. The van der Waals surface area contributed by atoms with Crippen molar-refractivity contribution in [3.63, 3.8) is 0 Å². The molecule has 0 saturated heterocycles. The predicted octanol–water partition coefficient (Wildman–Crippen LogP) is 0.477. The van der Waals surface area contributed by atoms with Crippen molar-refractivity contribution in [1.82, 2.24) is 0 Å². The van der Waals surface area contributed by atoms with Gasteiger partial charge in [0.1, 0.15) is 5.70 Å². The van der Waals surface area contributed by atoms with Crippen LogP contribution in [0.5, 0.6) is 0 Å². The molecular weight excluding hydrogens is 169 g/mol. The van der Waals surface area contributed by atoms with Gasteiger partial charge in [-0.15, -0.1) is 0 Å². The van der Waals surface area contributed by atoms with E-state index in [0.29, 0.717) is 0 Å². The zero-order chi connectivity index (χ0) is 8.85. The summed E-state index contributed by atoms with van der Waals surface area (Å²) < 4.78 is 19.9. The van der Waals surface area contributed by atoms with E-state index in [0.717, 1.165) is 0 Å². The Hall–Kier alpha value is -1.09. The maximum atomic E-state index is 10.0. The number of hydrogen-bond donors (Lipinski definition) is 2. The van der Waals surface area contributed by atoms with E-state index in [1.165, 1.54) is 6.08 Å². The van der Waals surface area contributed by atoms with E-state index in [1.54, 1.807) is 0 Å². The number of nitrogens with two attached hydrogens (primary N) is 1. The van der Waals surface area contributed by atoms with E-state index in [-0.39, 0.29) is 18.3 Å². The van der Waals surface area contributed by atoms with Crippen LogP contribution in [0, 0.1) is 0 Å². The van der Waals surface area contributed by atoms with Crippen LogP contribution in [-0.2, 0) is 13.9 Å². The SMILES string of the molecule is NC(=CCCP(=O)=O)C(=O)O. The fourth-order valence-corrected chi connectivity index (χ4v) is 0.753. The van der Waals surface area contributed by atoms with Crippen LogP contribution in [0.15, 0.2) is 11.8 Å². The molecule has 0 atom stereocenters. The van der Waals surface area contributed by atoms with Crippen LogP contribution in [0.3, 0.4) is 0 Å². The third-order valence-electron chi connectivity index (χ3n) is 0.923. The third kappa shape index (κ3) is 5.36. The molecule has 5 nitrogen and oxygen atoms in total. The zero-order valence-corrected chi connectivity index (χ0v) is 6.58. The minimum absolute atomic E-state index is 0.0662. The Bertz CT molecular complexity index is 235. The van der Waals surface area contributed by atoms with Gasteiger partial charge in [-0.25, -0.2) is 13.9 Å². The molecule has 3 N–H and O–H groups in total. The minimum atomic E-state index is -2.44. The molecule has 0 rings (SSSR count). The largest absolute Gasteiger partial charge is 0.477 e. The van der Waals surface area contributed by atoms with Crippen molar-refractivity contribution in [3.8, 4) is 0 Å². The van der Waals surface area contributed by atoms with Crippen molar-refractivity contribution >= 4 is 13.6 Å². The van der Waals surface area contributed by atoms with E-state index in [1.807, 2.05) is 0 Å². The lowest BCUT2D eigenvalue weighted by Crippen LogP contribution is -2.09. The Balaban J connectivity index is 3.83. The van der Waals surface area contributed by atoms with E-state index in [9.17, 15) is 13.9 Å². The summed E-state index contributed by atoms with van der Waals surface area (Å²) in [5.74, 6) is -1.23. The van der Waals surface area contributed by atoms with Gasteiger partial charge in [0, 0.05) is 0 Å². The van der Waals surface area contributed by atoms with E-state index in [4.69, 9.17) is 10.8 Å². The number of carboxylic acid groups (broad SMARTS) is 1. The molecule has 6 heteroatoms. The molecule has 0 aliphatic heterocycles. The van der Waals surface area contributed by atoms with Crippen LogP contribution in [0.25, 0.3) is 0 Å². The standard InChI is InChI=1S/C5H8NO4P/c6-4(5(7)8)2-1-3-11(9)10/h2H,1,3,6H2,(H,7,8). The maximum absolute atomic E-state index is 10.0. The molecule has 0 aromatic rings. The number of hydrogen-bond acceptors (Lipinski definition) is 4. The molecule has 0 aromatic heterocycles. The van der Waals surface area contributed by atoms with Gasteiger partial charge < -0.3 is 10.8 Å². The second-order valence-corrected chi connectivity index (χ2v) is 2.92. The summed E-state index contributed by atoms with van der Waals surface area (Å²) in [6.45, 7) is 0. The summed E-state index contributed by atoms with van der Waals surface area (Å²) in [4.78, 5) is 10.0. The molecule has 0 bridgehead atoms. The van der Waals surface area contributed by atoms with Gasteiger partial charge in [0.2, 0.25) is 0 Å². The smallest absolute Gasteiger partial charge is 0.351 e. The molecule has 0 amide bonds. The Labute approximate surface area is 63.7 Å². The second-order valence-electron chi connectivity index (χ2n) is 1.81. The summed E-state index contributed by atoms with van der Waals surface area (Å²) in [6.07, 6.45) is 1.26. The van der Waals surface area contributed by atoms with Gasteiger partial charge in [-0.3, -0.25) is 0 Å². The molecule has 0 aliphatic rings. The summed E-state index contributed by atoms with van der Waals surface area (Å²) in [5.41, 5.74) is 4.65. The van der Waals surface area contributed by atoms with Gasteiger partial charge in [0.05, 0.1) is 6.16 Å². The lowest BCUT2D eigenvalue weighted by atomic mass is 10.3. The normalized spacial score (nSPS) is 11.1. The molecular formula is C5H8NO4P. The van der Waals surface area contributed by atoms with Crippen molar-refractivity contribution in [2.24, 2.45) is 5.73 Å². The van der Waals surface area contributed by atoms with Gasteiger partial charge in [-0.2, -0.15) is 0 Å². The first kappa shape index (κ1) is 9.91. The fourth-order valence-electron chi connectivity index (χ4n) is 0.413. The first-order chi connectivity index (χ1) is 5.04. The maximum Gasteiger partial charge on any atom is 0.351 e. The Morgan fingerprint density at radius 1 is 1.55 bits per heavy atom. The summed E-state index contributed by atoms with van der Waals surface area (Å²) in [7, 11) is -2.44. The van der Waals surface area contributed by atoms with Crippen LogP contribution in [0.1, 0.15) is 6.42 Å². The van der Waals surface area contributed by atoms with Crippen molar-refractivity contribution in [3.05, 3.63) is 11.8 Å². The molecule has 0 heterocycles. The van der Waals surface area contributed by atoms with Crippen LogP contribution < -0.4 is 5.73 Å². The molecule has 0 unspecified atom stereocenters. The average molecular weight is 177 g/mol. The number of carboxylic acids is 1. The average Bonchev–Trinajstić information content (AvgIpc) is 1.86. The Morgan fingerprint density at radius 3 is 2.45 bits per heavy atom. The van der Waals surface area contributed by atoms with Crippen LogP contribution in [-0.4, -0.2) is 17.2 Å². The molecule has 0 saturated carbocycles. The molecule has 0 aliphatic carbocycles. The van der Waals surface area contributed by atoms with Crippen molar-refractivity contribution in [2.45, 2.75) is 6.42 Å². The quantitative estimate of drug-likeness (QED) is 0.480. The Kier molecular flexibility index (Phi) is 4.22. The number of carbonyl (C=O) groups is 1. The monoisotopic (exact) mass is 177 g/mol. The highest BCUT2D eigenvalue weighted by Gasteiger charge is 1.99. The predicted molar refractivity (Wildman–Crippen MR) is 37.7 cm³/mol. The molecule has 0 spiro atoms. The van der Waals surface area contributed by atoms with Gasteiger partial charge in [-0.05, 0) is 6.42 Å². The first-order valence-corrected chi connectivity index (χ1v) is 4.21. The van der Waals surface area contributed by atoms with Crippen LogP contribution in [0.2, 0.25) is 0 Å². The second kappa shape index (κ2) is 4.68. The first-order valence-electron chi connectivity index (χ1n) is 2.84. The number of rotatable bonds is 4.